The molecule has 0 saturated carbocycles. The van der Waals surface area contributed by atoms with Crippen molar-refractivity contribution in [2.75, 3.05) is 13.1 Å². The molecule has 0 unspecified atom stereocenters. The van der Waals surface area contributed by atoms with E-state index in [4.69, 9.17) is 5.11 Å². The summed E-state index contributed by atoms with van der Waals surface area (Å²) >= 11 is 0. The Morgan fingerprint density at radius 3 is 2.00 bits per heavy atom. The topological polar surface area (TPSA) is 24.7 Å². The van der Waals surface area contributed by atoms with Crippen LogP contribution in [0.25, 0.3) is 0 Å². The lowest BCUT2D eigenvalue weighted by atomic mass is 10.1. The number of nitrogens with one attached hydrogen (secondary N) is 1. The molecule has 0 atom stereocenters. The first-order chi connectivity index (χ1) is 4.79. The number of aliphatic hydroxyl groups excluding tert-OH is 1. The van der Waals surface area contributed by atoms with Crippen LogP contribution in [-0.4, -0.2) is 24.3 Å². The third kappa shape index (κ3) is 3.85. The molecular weight excluding hydrogens is 126 g/mol. The van der Waals surface area contributed by atoms with Crippen LogP contribution in [0.3, 0.4) is 0 Å². The molecule has 2 heteroatoms. The van der Waals surface area contributed by atoms with Crippen LogP contribution < -0.4 is 4.90 Å². The molecule has 0 aromatic carbocycles. The molecule has 2 N–H and O–H groups in total. The maximum absolute atomic E-state index is 8.99. The second-order valence-corrected chi connectivity index (χ2v) is 2.48. The first kappa shape index (κ1) is 9.92. The Kier molecular flexibility index (Phi) is 5.64. The summed E-state index contributed by atoms with van der Waals surface area (Å²) in [7, 11) is 3.84. The van der Waals surface area contributed by atoms with Gasteiger partial charge in [0, 0.05) is 12.8 Å². The van der Waals surface area contributed by atoms with E-state index in [1.807, 2.05) is 13.8 Å². The van der Waals surface area contributed by atoms with E-state index in [1.165, 1.54) is 4.90 Å². The maximum atomic E-state index is 8.99. The number of aliphatic hydroxyl groups is 1. The van der Waals surface area contributed by atoms with Gasteiger partial charge in [0.1, 0.15) is 0 Å². The van der Waals surface area contributed by atoms with Crippen molar-refractivity contribution in [2.45, 2.75) is 32.8 Å². The minimum atomic E-state index is -0.0412. The molecule has 0 radical (unpaired) electrons. The normalized spacial score (nSPS) is 32.4. The smallest absolute Gasteiger partial charge is 0.0645 e. The van der Waals surface area contributed by atoms with Gasteiger partial charge >= 0.3 is 0 Å². The highest BCUT2D eigenvalue weighted by Crippen LogP contribution is 1.96. The van der Waals surface area contributed by atoms with Gasteiger partial charge in [0.15, 0.2) is 0 Å². The van der Waals surface area contributed by atoms with Gasteiger partial charge in [-0.1, -0.05) is 13.8 Å². The van der Waals surface area contributed by atoms with Gasteiger partial charge in [0.2, 0.25) is 0 Å². The zero-order valence-corrected chi connectivity index (χ0v) is 7.06. The van der Waals surface area contributed by atoms with Crippen LogP contribution in [0, 0.1) is 7.05 Å². The largest absolute Gasteiger partial charge is 0.468 e. The summed E-state index contributed by atoms with van der Waals surface area (Å²) < 4.78 is 0. The summed E-state index contributed by atoms with van der Waals surface area (Å²) in [6, 6.07) is 0. The second-order valence-electron chi connectivity index (χ2n) is 2.48. The lowest BCUT2D eigenvalue weighted by Crippen LogP contribution is -3.08. The zero-order chi connectivity index (χ0) is 7.98. The fraction of sp³-hybridized carbons (Fsp3) is 0.875. The van der Waals surface area contributed by atoms with Crippen LogP contribution in [0.2, 0.25) is 0 Å². The Balaban J connectivity index is 0.000000371. The van der Waals surface area contributed by atoms with Crippen LogP contribution in [0.15, 0.2) is 0 Å². The lowest BCUT2D eigenvalue weighted by Gasteiger charge is -2.28. The van der Waals surface area contributed by atoms with Gasteiger partial charge in [-0.2, -0.15) is 7.05 Å². The van der Waals surface area contributed by atoms with E-state index in [0.717, 1.165) is 25.9 Å². The highest BCUT2D eigenvalue weighted by Gasteiger charge is 2.12. The Morgan fingerprint density at radius 2 is 1.70 bits per heavy atom. The van der Waals surface area contributed by atoms with Crippen LogP contribution in [0.4, 0.5) is 0 Å². The van der Waals surface area contributed by atoms with Crippen LogP contribution in [0.1, 0.15) is 26.7 Å². The van der Waals surface area contributed by atoms with Gasteiger partial charge < -0.3 is 10.0 Å². The molecule has 0 amide bonds. The summed E-state index contributed by atoms with van der Waals surface area (Å²) in [5.41, 5.74) is 0. The quantitative estimate of drug-likeness (QED) is 0.455. The van der Waals surface area contributed by atoms with E-state index < -0.39 is 0 Å². The highest BCUT2D eigenvalue weighted by molar-refractivity contribution is 4.57. The van der Waals surface area contributed by atoms with Crippen LogP contribution >= 0.6 is 0 Å². The number of rotatable bonds is 0. The van der Waals surface area contributed by atoms with Crippen LogP contribution in [0.5, 0.6) is 0 Å². The second kappa shape index (κ2) is 5.69. The number of likely N-dealkylation sites (tertiary alicyclic amines) is 1. The maximum Gasteiger partial charge on any atom is 0.0645 e. The molecule has 0 aromatic heterocycles. The molecule has 0 spiro atoms. The van der Waals surface area contributed by atoms with E-state index in [9.17, 15) is 0 Å². The van der Waals surface area contributed by atoms with Gasteiger partial charge in [0.05, 0.1) is 19.2 Å². The number of quaternary nitrogens is 1. The van der Waals surface area contributed by atoms with Crippen molar-refractivity contribution >= 4 is 0 Å². The van der Waals surface area contributed by atoms with Crippen molar-refractivity contribution in [3.8, 4) is 0 Å². The van der Waals surface area contributed by atoms with E-state index in [2.05, 4.69) is 7.05 Å². The molecule has 0 bridgehead atoms. The number of hydrogen-bond donors (Lipinski definition) is 2. The molecule has 1 aliphatic rings. The van der Waals surface area contributed by atoms with Gasteiger partial charge in [-0.25, -0.2) is 0 Å². The van der Waals surface area contributed by atoms with Crippen molar-refractivity contribution < 1.29 is 10.0 Å². The van der Waals surface area contributed by atoms with E-state index in [-0.39, 0.29) is 6.10 Å². The minimum Gasteiger partial charge on any atom is -0.468 e. The predicted molar refractivity (Wildman–Crippen MR) is 42.6 cm³/mol. The Morgan fingerprint density at radius 1 is 1.30 bits per heavy atom. The molecule has 62 valence electrons. The number of piperidine rings is 1. The first-order valence-corrected chi connectivity index (χ1v) is 4.14. The third-order valence-electron chi connectivity index (χ3n) is 1.66. The fourth-order valence-electron chi connectivity index (χ4n) is 1.01. The van der Waals surface area contributed by atoms with Gasteiger partial charge in [-0.15, -0.1) is 0 Å². The van der Waals surface area contributed by atoms with Gasteiger partial charge in [-0.3, -0.25) is 0 Å². The molecular formula is C8H19NO. The molecule has 1 heterocycles. The number of hydrogen-bond acceptors (Lipinski definition) is 1. The van der Waals surface area contributed by atoms with Gasteiger partial charge in [-0.05, 0) is 0 Å². The molecule has 0 aliphatic carbocycles. The summed E-state index contributed by atoms with van der Waals surface area (Å²) in [5, 5.41) is 8.99. The van der Waals surface area contributed by atoms with Crippen molar-refractivity contribution in [1.82, 2.24) is 0 Å². The van der Waals surface area contributed by atoms with Crippen molar-refractivity contribution in [1.29, 1.82) is 0 Å². The molecule has 2 nitrogen and oxygen atoms in total. The fourth-order valence-corrected chi connectivity index (χ4v) is 1.01. The van der Waals surface area contributed by atoms with Crippen molar-refractivity contribution in [3.63, 3.8) is 0 Å². The Labute approximate surface area is 63.8 Å². The van der Waals surface area contributed by atoms with Crippen molar-refractivity contribution in [3.05, 3.63) is 7.05 Å². The summed E-state index contributed by atoms with van der Waals surface area (Å²) in [6.45, 7) is 6.06. The third-order valence-corrected chi connectivity index (χ3v) is 1.66. The predicted octanol–water partition coefficient (Wildman–Crippen LogP) is -0.156. The average Bonchev–Trinajstić information content (AvgIpc) is 2.00. The van der Waals surface area contributed by atoms with E-state index in [0.29, 0.717) is 0 Å². The zero-order valence-electron chi connectivity index (χ0n) is 7.06. The standard InChI is InChI=1S/C6H13NO.C2H6/c1-7-4-2-6(8)3-5-7;1-2/h6-8H,1-5H2;1-2H3. The van der Waals surface area contributed by atoms with Crippen LogP contribution in [-0.2, 0) is 0 Å². The monoisotopic (exact) mass is 145 g/mol. The van der Waals surface area contributed by atoms with Gasteiger partial charge in [0.25, 0.3) is 0 Å². The summed E-state index contributed by atoms with van der Waals surface area (Å²) in [4.78, 5) is 1.30. The summed E-state index contributed by atoms with van der Waals surface area (Å²) in [6.07, 6.45) is 1.82. The minimum absolute atomic E-state index is 0.0412. The van der Waals surface area contributed by atoms with E-state index >= 15 is 0 Å². The molecule has 1 rings (SSSR count). The summed E-state index contributed by atoms with van der Waals surface area (Å²) in [5.74, 6) is 0. The Hall–Kier alpha value is -0.0800. The Bertz CT molecular complexity index is 57.7. The molecule has 1 saturated heterocycles. The highest BCUT2D eigenvalue weighted by atomic mass is 16.3. The molecule has 0 aromatic rings. The van der Waals surface area contributed by atoms with E-state index in [1.54, 1.807) is 0 Å². The SMILES string of the molecule is CC.[CH2-][NH+]1CCC(O)CC1. The molecule has 1 fully saturated rings. The molecule has 10 heavy (non-hydrogen) atoms. The average molecular weight is 145 g/mol. The lowest BCUT2D eigenvalue weighted by molar-refractivity contribution is -0.860. The first-order valence-electron chi connectivity index (χ1n) is 4.14. The molecule has 1 aliphatic heterocycles. The van der Waals surface area contributed by atoms with Crippen molar-refractivity contribution in [2.24, 2.45) is 0 Å².